The van der Waals surface area contributed by atoms with Crippen molar-refractivity contribution in [3.05, 3.63) is 76.6 Å². The molecule has 1 N–H and O–H groups in total. The molecule has 0 aliphatic carbocycles. The Balaban J connectivity index is 1.56. The second-order valence-corrected chi connectivity index (χ2v) is 7.12. The Hall–Kier alpha value is -3.81. The summed E-state index contributed by atoms with van der Waals surface area (Å²) in [5, 5.41) is 14.1. The predicted molar refractivity (Wildman–Crippen MR) is 115 cm³/mol. The summed E-state index contributed by atoms with van der Waals surface area (Å²) in [5.41, 5.74) is 1.85. The van der Waals surface area contributed by atoms with Gasteiger partial charge in [-0.25, -0.2) is 9.97 Å². The zero-order chi connectivity index (χ0) is 20.9. The summed E-state index contributed by atoms with van der Waals surface area (Å²) in [6.45, 7) is 1.77. The highest BCUT2D eigenvalue weighted by Gasteiger charge is 2.23. The first-order valence-corrected chi connectivity index (χ1v) is 9.84. The number of nitrogens with one attached hydrogen (secondary N) is 1. The molecule has 1 saturated heterocycles. The van der Waals surface area contributed by atoms with E-state index >= 15 is 0 Å². The van der Waals surface area contributed by atoms with Gasteiger partial charge in [-0.05, 0) is 31.4 Å². The van der Waals surface area contributed by atoms with Gasteiger partial charge in [-0.3, -0.25) is 14.9 Å². The number of piperidine rings is 1. The van der Waals surface area contributed by atoms with Crippen molar-refractivity contribution in [1.29, 1.82) is 0 Å². The van der Waals surface area contributed by atoms with E-state index in [0.29, 0.717) is 11.5 Å². The number of hydrogen-bond acceptors (Lipinski definition) is 6. The third kappa shape index (κ3) is 4.27. The lowest BCUT2D eigenvalue weighted by molar-refractivity contribution is -0.385. The van der Waals surface area contributed by atoms with Gasteiger partial charge in [0.15, 0.2) is 5.82 Å². The molecule has 1 amide bonds. The largest absolute Gasteiger partial charge is 0.372 e. The highest BCUT2D eigenvalue weighted by molar-refractivity contribution is 6.07. The molecule has 1 fully saturated rings. The third-order valence-electron chi connectivity index (χ3n) is 5.08. The van der Waals surface area contributed by atoms with Crippen LogP contribution < -0.4 is 10.2 Å². The predicted octanol–water partition coefficient (Wildman–Crippen LogP) is 4.29. The van der Waals surface area contributed by atoms with Gasteiger partial charge < -0.3 is 10.2 Å². The number of rotatable bonds is 5. The molecule has 1 aliphatic rings. The Kier molecular flexibility index (Phi) is 5.65. The molecule has 30 heavy (non-hydrogen) atoms. The molecule has 4 rings (SSSR count). The molecule has 0 radical (unpaired) electrons. The monoisotopic (exact) mass is 403 g/mol. The van der Waals surface area contributed by atoms with E-state index < -0.39 is 10.8 Å². The number of nitro benzene ring substituents is 1. The fourth-order valence-corrected chi connectivity index (χ4v) is 3.54. The lowest BCUT2D eigenvalue weighted by atomic mass is 10.1. The number of amides is 1. The molecular weight excluding hydrogens is 382 g/mol. The molecule has 0 spiro atoms. The minimum absolute atomic E-state index is 0.0233. The van der Waals surface area contributed by atoms with Gasteiger partial charge in [-0.1, -0.05) is 30.3 Å². The topological polar surface area (TPSA) is 101 Å². The number of anilines is 2. The molecule has 1 aromatic heterocycles. The molecule has 8 nitrogen and oxygen atoms in total. The van der Waals surface area contributed by atoms with Crippen LogP contribution in [0.25, 0.3) is 11.4 Å². The fourth-order valence-electron chi connectivity index (χ4n) is 3.54. The van der Waals surface area contributed by atoms with Crippen LogP contribution in [-0.4, -0.2) is 33.9 Å². The van der Waals surface area contributed by atoms with Gasteiger partial charge in [0, 0.05) is 30.4 Å². The lowest BCUT2D eigenvalue weighted by Crippen LogP contribution is -2.29. The zero-order valence-electron chi connectivity index (χ0n) is 16.3. The Morgan fingerprint density at radius 3 is 2.37 bits per heavy atom. The summed E-state index contributed by atoms with van der Waals surface area (Å²) in [4.78, 5) is 34.5. The van der Waals surface area contributed by atoms with Gasteiger partial charge in [0.1, 0.15) is 5.56 Å². The maximum absolute atomic E-state index is 12.8. The molecule has 0 atom stereocenters. The van der Waals surface area contributed by atoms with E-state index in [9.17, 15) is 14.9 Å². The summed E-state index contributed by atoms with van der Waals surface area (Å²) in [7, 11) is 0. The molecule has 2 aromatic carbocycles. The van der Waals surface area contributed by atoms with E-state index in [2.05, 4.69) is 20.2 Å². The van der Waals surface area contributed by atoms with Crippen LogP contribution in [-0.2, 0) is 0 Å². The SMILES string of the molecule is O=C(Nc1cnc(-c2ccccc2)nc1)c1cc(N2CCCCC2)ccc1[N+](=O)[O-]. The van der Waals surface area contributed by atoms with E-state index in [4.69, 9.17) is 0 Å². The van der Waals surface area contributed by atoms with Crippen molar-refractivity contribution in [3.8, 4) is 11.4 Å². The second kappa shape index (κ2) is 8.69. The maximum atomic E-state index is 12.8. The minimum atomic E-state index is -0.559. The van der Waals surface area contributed by atoms with E-state index in [1.165, 1.54) is 24.9 Å². The summed E-state index contributed by atoms with van der Waals surface area (Å²) in [5.74, 6) is -0.0247. The Bertz CT molecular complexity index is 1050. The Labute approximate surface area is 173 Å². The first kappa shape index (κ1) is 19.5. The fraction of sp³-hybridized carbons (Fsp3) is 0.227. The van der Waals surface area contributed by atoms with Gasteiger partial charge >= 0.3 is 0 Å². The zero-order valence-corrected chi connectivity index (χ0v) is 16.3. The molecular formula is C22H21N5O3. The van der Waals surface area contributed by atoms with Crippen molar-refractivity contribution in [2.24, 2.45) is 0 Å². The van der Waals surface area contributed by atoms with E-state index in [1.54, 1.807) is 12.1 Å². The van der Waals surface area contributed by atoms with Crippen molar-refractivity contribution in [1.82, 2.24) is 9.97 Å². The summed E-state index contributed by atoms with van der Waals surface area (Å²) >= 11 is 0. The summed E-state index contributed by atoms with van der Waals surface area (Å²) in [6, 6.07) is 14.2. The van der Waals surface area contributed by atoms with Crippen LogP contribution in [0, 0.1) is 10.1 Å². The van der Waals surface area contributed by atoms with Crippen molar-refractivity contribution in [3.63, 3.8) is 0 Å². The number of carbonyl (C=O) groups is 1. The number of benzene rings is 2. The molecule has 2 heterocycles. The Morgan fingerprint density at radius 2 is 1.70 bits per heavy atom. The summed E-state index contributed by atoms with van der Waals surface area (Å²) in [6.07, 6.45) is 6.31. The lowest BCUT2D eigenvalue weighted by Gasteiger charge is -2.29. The quantitative estimate of drug-likeness (QED) is 0.504. The molecule has 8 heteroatoms. The number of nitrogens with zero attached hydrogens (tertiary/aromatic N) is 4. The number of hydrogen-bond donors (Lipinski definition) is 1. The first-order valence-electron chi connectivity index (χ1n) is 9.84. The highest BCUT2D eigenvalue weighted by Crippen LogP contribution is 2.28. The average Bonchev–Trinajstić information content (AvgIpc) is 2.80. The van der Waals surface area contributed by atoms with Gasteiger partial charge in [-0.15, -0.1) is 0 Å². The first-order chi connectivity index (χ1) is 14.6. The van der Waals surface area contributed by atoms with Crippen molar-refractivity contribution in [2.75, 3.05) is 23.3 Å². The van der Waals surface area contributed by atoms with Gasteiger partial charge in [0.25, 0.3) is 11.6 Å². The smallest absolute Gasteiger partial charge is 0.282 e. The van der Waals surface area contributed by atoms with Gasteiger partial charge in [0.2, 0.25) is 0 Å². The number of aromatic nitrogens is 2. The number of carbonyl (C=O) groups excluding carboxylic acids is 1. The minimum Gasteiger partial charge on any atom is -0.372 e. The molecule has 1 aliphatic heterocycles. The standard InChI is InChI=1S/C22H21N5O3/c28-22(25-17-14-23-21(24-15-17)16-7-3-1-4-8-16)19-13-18(9-10-20(19)27(29)30)26-11-5-2-6-12-26/h1,3-4,7-10,13-15H,2,5-6,11-12H2,(H,25,28). The van der Waals surface area contributed by atoms with Crippen LogP contribution in [0.4, 0.5) is 17.1 Å². The van der Waals surface area contributed by atoms with Crippen LogP contribution in [0.3, 0.4) is 0 Å². The maximum Gasteiger partial charge on any atom is 0.282 e. The van der Waals surface area contributed by atoms with E-state index in [1.807, 2.05) is 30.3 Å². The van der Waals surface area contributed by atoms with Crippen LogP contribution >= 0.6 is 0 Å². The molecule has 3 aromatic rings. The van der Waals surface area contributed by atoms with Crippen LogP contribution in [0.5, 0.6) is 0 Å². The molecule has 0 bridgehead atoms. The highest BCUT2D eigenvalue weighted by atomic mass is 16.6. The Morgan fingerprint density at radius 1 is 1.00 bits per heavy atom. The number of nitro groups is 1. The van der Waals surface area contributed by atoms with E-state index in [-0.39, 0.29) is 11.3 Å². The van der Waals surface area contributed by atoms with Gasteiger partial charge in [-0.2, -0.15) is 0 Å². The molecule has 152 valence electrons. The molecule has 0 unspecified atom stereocenters. The van der Waals surface area contributed by atoms with Crippen LogP contribution in [0.2, 0.25) is 0 Å². The van der Waals surface area contributed by atoms with Crippen molar-refractivity contribution < 1.29 is 9.72 Å². The van der Waals surface area contributed by atoms with Crippen LogP contribution in [0.1, 0.15) is 29.6 Å². The van der Waals surface area contributed by atoms with Crippen molar-refractivity contribution in [2.45, 2.75) is 19.3 Å². The van der Waals surface area contributed by atoms with Gasteiger partial charge in [0.05, 0.1) is 23.0 Å². The third-order valence-corrected chi connectivity index (χ3v) is 5.08. The average molecular weight is 403 g/mol. The van der Waals surface area contributed by atoms with Crippen LogP contribution in [0.15, 0.2) is 60.9 Å². The van der Waals surface area contributed by atoms with Crippen molar-refractivity contribution >= 4 is 23.0 Å². The molecule has 0 saturated carbocycles. The normalized spacial score (nSPS) is 13.7. The second-order valence-electron chi connectivity index (χ2n) is 7.12. The summed E-state index contributed by atoms with van der Waals surface area (Å²) < 4.78 is 0. The van der Waals surface area contributed by atoms with E-state index in [0.717, 1.165) is 37.2 Å².